The molecule has 0 saturated heterocycles. The summed E-state index contributed by atoms with van der Waals surface area (Å²) in [6, 6.07) is 8.28. The smallest absolute Gasteiger partial charge is 0.305 e. The largest absolute Gasteiger partial charge is 0.481 e. The maximum atomic E-state index is 10.9. The van der Waals surface area contributed by atoms with Gasteiger partial charge >= 0.3 is 5.97 Å². The van der Waals surface area contributed by atoms with Crippen LogP contribution in [-0.4, -0.2) is 23.7 Å². The minimum absolute atomic E-state index is 0.0688. The molecule has 0 radical (unpaired) electrons. The van der Waals surface area contributed by atoms with Crippen molar-refractivity contribution in [2.24, 2.45) is 0 Å². The third-order valence-corrected chi connectivity index (χ3v) is 3.00. The first-order chi connectivity index (χ1) is 8.08. The summed E-state index contributed by atoms with van der Waals surface area (Å²) >= 11 is 0. The number of carboxylic acid groups (broad SMARTS) is 1. The Morgan fingerprint density at radius 1 is 1.41 bits per heavy atom. The molecule has 0 heterocycles. The molecule has 0 aliphatic rings. The molecular formula is C14H21NO2. The number of hydrogen-bond donors (Lipinski definition) is 1. The van der Waals surface area contributed by atoms with Crippen LogP contribution in [0, 0.1) is 6.92 Å². The number of carbonyl (C=O) groups is 1. The zero-order valence-electron chi connectivity index (χ0n) is 10.8. The van der Waals surface area contributed by atoms with Crippen LogP contribution in [0.3, 0.4) is 0 Å². The number of rotatable bonds is 6. The van der Waals surface area contributed by atoms with Crippen LogP contribution in [0.4, 0.5) is 5.69 Å². The highest BCUT2D eigenvalue weighted by Crippen LogP contribution is 2.21. The SMILES string of the molecule is CCC(CC(=O)O)N(CC)c1cccc(C)c1. The van der Waals surface area contributed by atoms with Crippen LogP contribution in [0.25, 0.3) is 0 Å². The molecule has 1 N–H and O–H groups in total. The number of anilines is 1. The second kappa shape index (κ2) is 6.28. The molecule has 0 saturated carbocycles. The van der Waals surface area contributed by atoms with Gasteiger partial charge < -0.3 is 10.0 Å². The average Bonchev–Trinajstić information content (AvgIpc) is 2.28. The number of hydrogen-bond acceptors (Lipinski definition) is 2. The molecule has 0 fully saturated rings. The predicted octanol–water partition coefficient (Wildman–Crippen LogP) is 3.07. The van der Waals surface area contributed by atoms with Gasteiger partial charge in [-0.2, -0.15) is 0 Å². The Balaban J connectivity index is 2.92. The van der Waals surface area contributed by atoms with E-state index in [9.17, 15) is 4.79 Å². The van der Waals surface area contributed by atoms with E-state index < -0.39 is 5.97 Å². The highest BCUT2D eigenvalue weighted by molar-refractivity contribution is 5.68. The molecule has 94 valence electrons. The van der Waals surface area contributed by atoms with Gasteiger partial charge in [-0.15, -0.1) is 0 Å². The third-order valence-electron chi connectivity index (χ3n) is 3.00. The molecule has 1 atom stereocenters. The fraction of sp³-hybridized carbons (Fsp3) is 0.500. The van der Waals surface area contributed by atoms with E-state index in [0.29, 0.717) is 0 Å². The normalized spacial score (nSPS) is 12.2. The third kappa shape index (κ3) is 3.77. The van der Waals surface area contributed by atoms with Crippen LogP contribution in [0.2, 0.25) is 0 Å². The maximum Gasteiger partial charge on any atom is 0.305 e. The number of benzene rings is 1. The fourth-order valence-corrected chi connectivity index (χ4v) is 2.13. The number of aliphatic carboxylic acids is 1. The molecule has 0 bridgehead atoms. The molecule has 17 heavy (non-hydrogen) atoms. The van der Waals surface area contributed by atoms with E-state index in [1.54, 1.807) is 0 Å². The quantitative estimate of drug-likeness (QED) is 0.823. The monoisotopic (exact) mass is 235 g/mol. The molecule has 0 aliphatic carbocycles. The lowest BCUT2D eigenvalue weighted by molar-refractivity contribution is -0.137. The average molecular weight is 235 g/mol. The van der Waals surface area contributed by atoms with Crippen molar-refractivity contribution < 1.29 is 9.90 Å². The van der Waals surface area contributed by atoms with E-state index in [2.05, 4.69) is 30.9 Å². The van der Waals surface area contributed by atoms with Crippen molar-refractivity contribution in [2.45, 2.75) is 39.7 Å². The number of carboxylic acids is 1. The van der Waals surface area contributed by atoms with Crippen molar-refractivity contribution in [2.75, 3.05) is 11.4 Å². The van der Waals surface area contributed by atoms with E-state index >= 15 is 0 Å². The van der Waals surface area contributed by atoms with Crippen LogP contribution in [0.15, 0.2) is 24.3 Å². The molecule has 1 unspecified atom stereocenters. The van der Waals surface area contributed by atoms with E-state index in [-0.39, 0.29) is 12.5 Å². The van der Waals surface area contributed by atoms with Gasteiger partial charge in [-0.25, -0.2) is 0 Å². The Hall–Kier alpha value is -1.51. The van der Waals surface area contributed by atoms with Crippen LogP contribution < -0.4 is 4.90 Å². The molecule has 0 spiro atoms. The highest BCUT2D eigenvalue weighted by atomic mass is 16.4. The Bertz CT molecular complexity index is 376. The summed E-state index contributed by atoms with van der Waals surface area (Å²) < 4.78 is 0. The standard InChI is InChI=1S/C14H21NO2/c1-4-12(10-14(16)17)15(5-2)13-8-6-7-11(3)9-13/h6-9,12H,4-5,10H2,1-3H3,(H,16,17). The maximum absolute atomic E-state index is 10.9. The molecule has 3 heteroatoms. The Labute approximate surface area is 103 Å². The van der Waals surface area contributed by atoms with Gasteiger partial charge in [0.1, 0.15) is 0 Å². The minimum Gasteiger partial charge on any atom is -0.481 e. The van der Waals surface area contributed by atoms with Gasteiger partial charge in [0.25, 0.3) is 0 Å². The summed E-state index contributed by atoms with van der Waals surface area (Å²) in [7, 11) is 0. The van der Waals surface area contributed by atoms with Gasteiger partial charge in [-0.3, -0.25) is 4.79 Å². The number of aryl methyl sites for hydroxylation is 1. The summed E-state index contributed by atoms with van der Waals surface area (Å²) in [6.07, 6.45) is 1.03. The van der Waals surface area contributed by atoms with Crippen molar-refractivity contribution in [3.63, 3.8) is 0 Å². The van der Waals surface area contributed by atoms with Gasteiger partial charge in [0, 0.05) is 18.3 Å². The molecule has 0 aromatic heterocycles. The van der Waals surface area contributed by atoms with Crippen LogP contribution >= 0.6 is 0 Å². The van der Waals surface area contributed by atoms with Crippen molar-refractivity contribution in [1.82, 2.24) is 0 Å². The lowest BCUT2D eigenvalue weighted by Gasteiger charge is -2.31. The Kier molecular flexibility index (Phi) is 5.01. The van der Waals surface area contributed by atoms with E-state index in [1.165, 1.54) is 5.56 Å². The molecule has 3 nitrogen and oxygen atoms in total. The molecule has 0 amide bonds. The summed E-state index contributed by atoms with van der Waals surface area (Å²) in [6.45, 7) is 6.98. The van der Waals surface area contributed by atoms with Crippen LogP contribution in [0.5, 0.6) is 0 Å². The molecular weight excluding hydrogens is 214 g/mol. The van der Waals surface area contributed by atoms with Gasteiger partial charge in [0.15, 0.2) is 0 Å². The number of nitrogens with zero attached hydrogens (tertiary/aromatic N) is 1. The van der Waals surface area contributed by atoms with Crippen molar-refractivity contribution in [3.05, 3.63) is 29.8 Å². The summed E-state index contributed by atoms with van der Waals surface area (Å²) in [5.74, 6) is -0.733. The zero-order chi connectivity index (χ0) is 12.8. The van der Waals surface area contributed by atoms with E-state index in [4.69, 9.17) is 5.11 Å². The van der Waals surface area contributed by atoms with E-state index in [0.717, 1.165) is 18.7 Å². The lowest BCUT2D eigenvalue weighted by Crippen LogP contribution is -2.36. The summed E-state index contributed by atoms with van der Waals surface area (Å²) in [5, 5.41) is 8.93. The Morgan fingerprint density at radius 3 is 2.59 bits per heavy atom. The van der Waals surface area contributed by atoms with Gasteiger partial charge in [-0.1, -0.05) is 19.1 Å². The lowest BCUT2D eigenvalue weighted by atomic mass is 10.1. The minimum atomic E-state index is -0.733. The second-order valence-corrected chi connectivity index (χ2v) is 4.28. The summed E-state index contributed by atoms with van der Waals surface area (Å²) in [4.78, 5) is 13.0. The summed E-state index contributed by atoms with van der Waals surface area (Å²) in [5.41, 5.74) is 2.31. The first-order valence-electron chi connectivity index (χ1n) is 6.13. The molecule has 1 rings (SSSR count). The van der Waals surface area contributed by atoms with Crippen molar-refractivity contribution in [1.29, 1.82) is 0 Å². The van der Waals surface area contributed by atoms with Crippen LogP contribution in [-0.2, 0) is 4.79 Å². The zero-order valence-corrected chi connectivity index (χ0v) is 10.8. The van der Waals surface area contributed by atoms with E-state index in [1.807, 2.05) is 19.1 Å². The highest BCUT2D eigenvalue weighted by Gasteiger charge is 2.18. The van der Waals surface area contributed by atoms with Crippen molar-refractivity contribution in [3.8, 4) is 0 Å². The van der Waals surface area contributed by atoms with Crippen LogP contribution in [0.1, 0.15) is 32.3 Å². The first-order valence-corrected chi connectivity index (χ1v) is 6.13. The first kappa shape index (κ1) is 13.6. The van der Waals surface area contributed by atoms with Gasteiger partial charge in [0.2, 0.25) is 0 Å². The predicted molar refractivity (Wildman–Crippen MR) is 70.5 cm³/mol. The molecule has 1 aromatic rings. The second-order valence-electron chi connectivity index (χ2n) is 4.28. The van der Waals surface area contributed by atoms with Gasteiger partial charge in [0.05, 0.1) is 6.42 Å². The topological polar surface area (TPSA) is 40.5 Å². The Morgan fingerprint density at radius 2 is 2.12 bits per heavy atom. The van der Waals surface area contributed by atoms with Gasteiger partial charge in [-0.05, 0) is 38.0 Å². The molecule has 0 aliphatic heterocycles. The fourth-order valence-electron chi connectivity index (χ4n) is 2.13. The van der Waals surface area contributed by atoms with Crippen molar-refractivity contribution >= 4 is 11.7 Å². The molecule has 1 aromatic carbocycles.